The number of aromatic nitrogens is 1. The van der Waals surface area contributed by atoms with Crippen LogP contribution in [0.5, 0.6) is 0 Å². The van der Waals surface area contributed by atoms with Crippen molar-refractivity contribution in [3.05, 3.63) is 16.1 Å². The van der Waals surface area contributed by atoms with E-state index in [9.17, 15) is 9.59 Å². The Labute approximate surface area is 108 Å². The number of carboxylic acid groups (broad SMARTS) is 1. The highest BCUT2D eigenvalue weighted by molar-refractivity contribution is 7.09. The number of thiazole rings is 1. The van der Waals surface area contributed by atoms with Gasteiger partial charge in [-0.25, -0.2) is 9.78 Å². The highest BCUT2D eigenvalue weighted by atomic mass is 32.1. The third-order valence-corrected chi connectivity index (χ3v) is 3.88. The Morgan fingerprint density at radius 3 is 3.00 bits per heavy atom. The van der Waals surface area contributed by atoms with E-state index in [0.29, 0.717) is 25.2 Å². The normalized spacial score (nSPS) is 19.2. The molecule has 0 spiro atoms. The molecule has 1 aliphatic heterocycles. The van der Waals surface area contributed by atoms with Crippen LogP contribution >= 0.6 is 11.3 Å². The Morgan fingerprint density at radius 1 is 1.61 bits per heavy atom. The summed E-state index contributed by atoms with van der Waals surface area (Å²) in [5.74, 6) is -1.10. The molecule has 1 unspecified atom stereocenters. The van der Waals surface area contributed by atoms with Crippen LogP contribution in [0.2, 0.25) is 0 Å². The zero-order valence-corrected chi connectivity index (χ0v) is 10.7. The molecule has 1 amide bonds. The summed E-state index contributed by atoms with van der Waals surface area (Å²) in [4.78, 5) is 28.7. The maximum Gasteiger partial charge on any atom is 0.326 e. The van der Waals surface area contributed by atoms with Gasteiger partial charge in [0.2, 0.25) is 5.91 Å². The zero-order valence-electron chi connectivity index (χ0n) is 9.83. The summed E-state index contributed by atoms with van der Waals surface area (Å²) in [5.41, 5.74) is 6.12. The van der Waals surface area contributed by atoms with Crippen LogP contribution in [0.3, 0.4) is 0 Å². The third-order valence-electron chi connectivity index (χ3n) is 2.96. The molecule has 2 heterocycles. The number of carbonyl (C=O) groups excluding carboxylic acids is 1. The van der Waals surface area contributed by atoms with Crippen LogP contribution in [-0.2, 0) is 22.6 Å². The number of nitrogens with zero attached hydrogens (tertiary/aromatic N) is 2. The van der Waals surface area contributed by atoms with E-state index >= 15 is 0 Å². The average molecular weight is 269 g/mol. The van der Waals surface area contributed by atoms with Gasteiger partial charge in [-0.15, -0.1) is 11.3 Å². The fourth-order valence-electron chi connectivity index (χ4n) is 2.10. The van der Waals surface area contributed by atoms with Gasteiger partial charge in [0.25, 0.3) is 0 Å². The van der Waals surface area contributed by atoms with Crippen molar-refractivity contribution in [2.24, 2.45) is 5.73 Å². The third kappa shape index (κ3) is 2.68. The Morgan fingerprint density at radius 2 is 2.39 bits per heavy atom. The summed E-state index contributed by atoms with van der Waals surface area (Å²) in [6, 6.07) is -0.676. The standard InChI is InChI=1S/C11H15N3O3S/c12-5-9-13-7(6-18-9)4-10(15)14-3-1-2-8(14)11(16)17/h6,8H,1-5,12H2,(H,16,17). The van der Waals surface area contributed by atoms with Crippen molar-refractivity contribution in [1.82, 2.24) is 9.88 Å². The maximum absolute atomic E-state index is 12.0. The maximum atomic E-state index is 12.0. The van der Waals surface area contributed by atoms with Crippen LogP contribution in [0.25, 0.3) is 0 Å². The van der Waals surface area contributed by atoms with Crippen molar-refractivity contribution < 1.29 is 14.7 Å². The second-order valence-corrected chi connectivity index (χ2v) is 5.14. The molecule has 2 rings (SSSR count). The number of carbonyl (C=O) groups is 2. The first-order valence-electron chi connectivity index (χ1n) is 5.77. The van der Waals surface area contributed by atoms with Gasteiger partial charge in [-0.2, -0.15) is 0 Å². The van der Waals surface area contributed by atoms with E-state index in [4.69, 9.17) is 10.8 Å². The molecule has 1 fully saturated rings. The molecule has 98 valence electrons. The van der Waals surface area contributed by atoms with Gasteiger partial charge < -0.3 is 15.7 Å². The van der Waals surface area contributed by atoms with Crippen molar-refractivity contribution in [3.63, 3.8) is 0 Å². The Bertz CT molecular complexity index is 460. The predicted molar refractivity (Wildman–Crippen MR) is 66.1 cm³/mol. The van der Waals surface area contributed by atoms with Gasteiger partial charge in [0.05, 0.1) is 12.1 Å². The molecule has 18 heavy (non-hydrogen) atoms. The molecule has 0 saturated carbocycles. The van der Waals surface area contributed by atoms with Gasteiger partial charge in [-0.05, 0) is 12.8 Å². The highest BCUT2D eigenvalue weighted by Crippen LogP contribution is 2.19. The van der Waals surface area contributed by atoms with Crippen molar-refractivity contribution in [2.75, 3.05) is 6.54 Å². The lowest BCUT2D eigenvalue weighted by molar-refractivity contribution is -0.148. The summed E-state index contributed by atoms with van der Waals surface area (Å²) in [6.45, 7) is 0.879. The Hall–Kier alpha value is -1.47. The van der Waals surface area contributed by atoms with E-state index in [2.05, 4.69) is 4.98 Å². The lowest BCUT2D eigenvalue weighted by Gasteiger charge is -2.20. The number of aliphatic carboxylic acids is 1. The minimum absolute atomic E-state index is 0.153. The van der Waals surface area contributed by atoms with E-state index < -0.39 is 12.0 Å². The van der Waals surface area contributed by atoms with Gasteiger partial charge in [0, 0.05) is 18.5 Å². The fourth-order valence-corrected chi connectivity index (χ4v) is 2.78. The van der Waals surface area contributed by atoms with Gasteiger partial charge in [0.15, 0.2) is 0 Å². The van der Waals surface area contributed by atoms with E-state index in [1.165, 1.54) is 16.2 Å². The number of likely N-dealkylation sites (tertiary alicyclic amines) is 1. The minimum Gasteiger partial charge on any atom is -0.480 e. The minimum atomic E-state index is -0.929. The second-order valence-electron chi connectivity index (χ2n) is 4.20. The first kappa shape index (κ1) is 13.0. The number of nitrogens with two attached hydrogens (primary N) is 1. The average Bonchev–Trinajstić information content (AvgIpc) is 2.96. The lowest BCUT2D eigenvalue weighted by atomic mass is 10.2. The van der Waals surface area contributed by atoms with Crippen LogP contribution in [0, 0.1) is 0 Å². The molecule has 1 saturated heterocycles. The van der Waals surface area contributed by atoms with Crippen molar-refractivity contribution >= 4 is 23.2 Å². The van der Waals surface area contributed by atoms with Crippen LogP contribution in [0.15, 0.2) is 5.38 Å². The predicted octanol–water partition coefficient (Wildman–Crippen LogP) is 0.220. The molecule has 0 bridgehead atoms. The molecule has 1 aromatic heterocycles. The molecule has 1 atom stereocenters. The molecule has 0 radical (unpaired) electrons. The van der Waals surface area contributed by atoms with Crippen molar-refractivity contribution in [1.29, 1.82) is 0 Å². The van der Waals surface area contributed by atoms with Crippen LogP contribution in [-0.4, -0.2) is 39.5 Å². The van der Waals surface area contributed by atoms with E-state index in [1.807, 2.05) is 0 Å². The highest BCUT2D eigenvalue weighted by Gasteiger charge is 2.33. The van der Waals surface area contributed by atoms with Crippen molar-refractivity contribution in [3.8, 4) is 0 Å². The number of rotatable bonds is 4. The van der Waals surface area contributed by atoms with Gasteiger partial charge >= 0.3 is 5.97 Å². The monoisotopic (exact) mass is 269 g/mol. The second kappa shape index (κ2) is 5.45. The molecular weight excluding hydrogens is 254 g/mol. The number of amides is 1. The first-order chi connectivity index (χ1) is 8.61. The van der Waals surface area contributed by atoms with E-state index in [1.54, 1.807) is 5.38 Å². The molecule has 7 heteroatoms. The molecule has 6 nitrogen and oxygen atoms in total. The summed E-state index contributed by atoms with van der Waals surface area (Å²) in [6.07, 6.45) is 1.43. The van der Waals surface area contributed by atoms with Crippen LogP contribution in [0.1, 0.15) is 23.5 Å². The molecule has 1 aliphatic rings. The Kier molecular flexibility index (Phi) is 3.93. The van der Waals surface area contributed by atoms with E-state index in [-0.39, 0.29) is 12.3 Å². The number of hydrogen-bond donors (Lipinski definition) is 2. The first-order valence-corrected chi connectivity index (χ1v) is 6.65. The lowest BCUT2D eigenvalue weighted by Crippen LogP contribution is -2.41. The summed E-state index contributed by atoms with van der Waals surface area (Å²) in [5, 5.41) is 11.6. The molecular formula is C11H15N3O3S. The van der Waals surface area contributed by atoms with Crippen molar-refractivity contribution in [2.45, 2.75) is 31.8 Å². The molecule has 0 aliphatic carbocycles. The van der Waals surface area contributed by atoms with Gasteiger partial charge in [-0.1, -0.05) is 0 Å². The topological polar surface area (TPSA) is 96.5 Å². The largest absolute Gasteiger partial charge is 0.480 e. The van der Waals surface area contributed by atoms with Gasteiger partial charge in [0.1, 0.15) is 11.0 Å². The fraction of sp³-hybridized carbons (Fsp3) is 0.545. The zero-order chi connectivity index (χ0) is 13.1. The molecule has 0 aromatic carbocycles. The summed E-state index contributed by atoms with van der Waals surface area (Å²) in [7, 11) is 0. The quantitative estimate of drug-likeness (QED) is 0.815. The molecule has 1 aromatic rings. The van der Waals surface area contributed by atoms with E-state index in [0.717, 1.165) is 11.4 Å². The van der Waals surface area contributed by atoms with Crippen LogP contribution in [0.4, 0.5) is 0 Å². The number of carboxylic acids is 1. The SMILES string of the molecule is NCc1nc(CC(=O)N2CCCC2C(=O)O)cs1. The Balaban J connectivity index is 2.01. The smallest absolute Gasteiger partial charge is 0.326 e. The molecule has 3 N–H and O–H groups in total. The van der Waals surface area contributed by atoms with Crippen LogP contribution < -0.4 is 5.73 Å². The van der Waals surface area contributed by atoms with Gasteiger partial charge in [-0.3, -0.25) is 4.79 Å². The number of hydrogen-bond acceptors (Lipinski definition) is 5. The summed E-state index contributed by atoms with van der Waals surface area (Å²) >= 11 is 1.42. The summed E-state index contributed by atoms with van der Waals surface area (Å²) < 4.78 is 0.